The molecule has 0 spiro atoms. The summed E-state index contributed by atoms with van der Waals surface area (Å²) in [6.07, 6.45) is 0.147. The minimum atomic E-state index is -0.163. The second-order valence-electron chi connectivity index (χ2n) is 5.51. The summed E-state index contributed by atoms with van der Waals surface area (Å²) in [4.78, 5) is 12.3. The zero-order valence-corrected chi connectivity index (χ0v) is 13.3. The van der Waals surface area contributed by atoms with Crippen molar-refractivity contribution in [1.29, 1.82) is 0 Å². The molecule has 0 aliphatic heterocycles. The maximum atomic E-state index is 12.3. The van der Waals surface area contributed by atoms with Crippen LogP contribution in [0.15, 0.2) is 40.9 Å². The molecular formula is C18H18N2O3. The number of anilines is 1. The highest BCUT2D eigenvalue weighted by Crippen LogP contribution is 2.26. The number of aromatic nitrogens is 1. The molecule has 0 aliphatic carbocycles. The van der Waals surface area contributed by atoms with Crippen molar-refractivity contribution in [2.75, 3.05) is 12.4 Å². The van der Waals surface area contributed by atoms with Crippen molar-refractivity contribution in [2.24, 2.45) is 0 Å². The molecule has 3 aromatic rings. The average molecular weight is 310 g/mol. The lowest BCUT2D eigenvalue weighted by molar-refractivity contribution is -0.115. The van der Waals surface area contributed by atoms with Crippen LogP contribution in [0.4, 0.5) is 5.69 Å². The average Bonchev–Trinajstić information content (AvgIpc) is 2.91. The van der Waals surface area contributed by atoms with Crippen molar-refractivity contribution in [3.8, 4) is 5.75 Å². The number of carbonyl (C=O) groups excluding carboxylic acids is 1. The van der Waals surface area contributed by atoms with Crippen LogP contribution in [-0.2, 0) is 11.2 Å². The Kier molecular flexibility index (Phi) is 4.02. The summed E-state index contributed by atoms with van der Waals surface area (Å²) in [6.45, 7) is 3.98. The molecule has 0 saturated heterocycles. The summed E-state index contributed by atoms with van der Waals surface area (Å²) in [6, 6.07) is 11.3. The van der Waals surface area contributed by atoms with Crippen LogP contribution in [0.5, 0.6) is 5.75 Å². The molecule has 3 rings (SSSR count). The first-order chi connectivity index (χ1) is 11.1. The van der Waals surface area contributed by atoms with Crippen molar-refractivity contribution >= 4 is 22.6 Å². The molecule has 23 heavy (non-hydrogen) atoms. The highest BCUT2D eigenvalue weighted by molar-refractivity contribution is 5.96. The maximum absolute atomic E-state index is 12.3. The Labute approximate surface area is 134 Å². The molecule has 1 aromatic heterocycles. The Bertz CT molecular complexity index is 868. The molecule has 0 bridgehead atoms. The van der Waals surface area contributed by atoms with Crippen LogP contribution in [0.2, 0.25) is 0 Å². The number of ether oxygens (including phenoxy) is 1. The number of fused-ring (bicyclic) bond motifs is 1. The molecule has 0 unspecified atom stereocenters. The van der Waals surface area contributed by atoms with Gasteiger partial charge in [0.05, 0.1) is 19.2 Å². The van der Waals surface area contributed by atoms with Crippen molar-refractivity contribution in [3.63, 3.8) is 0 Å². The van der Waals surface area contributed by atoms with Crippen molar-refractivity contribution < 1.29 is 14.1 Å². The van der Waals surface area contributed by atoms with Crippen molar-refractivity contribution in [2.45, 2.75) is 20.3 Å². The van der Waals surface area contributed by atoms with Crippen LogP contribution < -0.4 is 10.1 Å². The van der Waals surface area contributed by atoms with Gasteiger partial charge >= 0.3 is 0 Å². The monoisotopic (exact) mass is 310 g/mol. The summed E-state index contributed by atoms with van der Waals surface area (Å²) < 4.78 is 10.6. The number of carbonyl (C=O) groups is 1. The van der Waals surface area contributed by atoms with Crippen LogP contribution in [0.25, 0.3) is 11.0 Å². The first-order valence-corrected chi connectivity index (χ1v) is 7.37. The Morgan fingerprint density at radius 3 is 2.83 bits per heavy atom. The number of methoxy groups -OCH3 is 1. The fraction of sp³-hybridized carbons (Fsp3) is 0.222. The standard InChI is InChI=1S/C18H18N2O3/c1-11-8-12(2)18-13(9-11)15(20-23-18)10-17(21)19-14-6-4-5-7-16(14)22-3/h4-9H,10H2,1-3H3,(H,19,21). The summed E-state index contributed by atoms with van der Waals surface area (Å²) in [5.74, 6) is 0.460. The molecular weight excluding hydrogens is 292 g/mol. The van der Waals surface area contributed by atoms with Gasteiger partial charge in [-0.15, -0.1) is 0 Å². The van der Waals surface area contributed by atoms with E-state index in [0.717, 1.165) is 22.1 Å². The molecule has 0 fully saturated rings. The van der Waals surface area contributed by atoms with Crippen molar-refractivity contribution in [3.05, 3.63) is 53.2 Å². The first-order valence-electron chi connectivity index (χ1n) is 7.37. The molecule has 5 heteroatoms. The second kappa shape index (κ2) is 6.12. The number of para-hydroxylation sites is 2. The van der Waals surface area contributed by atoms with E-state index in [1.165, 1.54) is 0 Å². The molecule has 1 amide bonds. The van der Waals surface area contributed by atoms with E-state index in [-0.39, 0.29) is 12.3 Å². The third kappa shape index (κ3) is 3.04. The molecule has 0 atom stereocenters. The number of amides is 1. The molecule has 2 aromatic carbocycles. The molecule has 118 valence electrons. The predicted octanol–water partition coefficient (Wildman–Crippen LogP) is 3.63. The predicted molar refractivity (Wildman–Crippen MR) is 88.8 cm³/mol. The van der Waals surface area contributed by atoms with E-state index in [9.17, 15) is 4.79 Å². The van der Waals surface area contributed by atoms with Gasteiger partial charge in [-0.2, -0.15) is 0 Å². The minimum absolute atomic E-state index is 0.147. The summed E-state index contributed by atoms with van der Waals surface area (Å²) in [5.41, 5.74) is 4.14. The van der Waals surface area contributed by atoms with Gasteiger partial charge in [0.15, 0.2) is 5.58 Å². The molecule has 0 saturated carbocycles. The molecule has 0 radical (unpaired) electrons. The van der Waals surface area contributed by atoms with Gasteiger partial charge in [0.1, 0.15) is 11.4 Å². The molecule has 0 aliphatic rings. The van der Waals surface area contributed by atoms with Gasteiger partial charge in [0.25, 0.3) is 0 Å². The van der Waals surface area contributed by atoms with Crippen molar-refractivity contribution in [1.82, 2.24) is 5.16 Å². The maximum Gasteiger partial charge on any atom is 0.230 e. The van der Waals surface area contributed by atoms with Gasteiger partial charge in [0, 0.05) is 5.39 Å². The molecule has 1 heterocycles. The highest BCUT2D eigenvalue weighted by atomic mass is 16.5. The third-order valence-electron chi connectivity index (χ3n) is 3.69. The van der Waals surface area contributed by atoms with Crippen LogP contribution >= 0.6 is 0 Å². The Hall–Kier alpha value is -2.82. The first kappa shape index (κ1) is 15.1. The zero-order chi connectivity index (χ0) is 16.4. The minimum Gasteiger partial charge on any atom is -0.495 e. The van der Waals surface area contributed by atoms with E-state index >= 15 is 0 Å². The van der Waals surface area contributed by atoms with Gasteiger partial charge in [-0.05, 0) is 43.2 Å². The molecule has 1 N–H and O–H groups in total. The quantitative estimate of drug-likeness (QED) is 0.799. The van der Waals surface area contributed by atoms with E-state index in [0.29, 0.717) is 17.1 Å². The Morgan fingerprint density at radius 1 is 1.26 bits per heavy atom. The van der Waals surface area contributed by atoms with Gasteiger partial charge < -0.3 is 14.6 Å². The van der Waals surface area contributed by atoms with E-state index in [1.54, 1.807) is 19.2 Å². The number of hydrogen-bond donors (Lipinski definition) is 1. The largest absolute Gasteiger partial charge is 0.495 e. The number of nitrogens with zero attached hydrogens (tertiary/aromatic N) is 1. The summed E-state index contributed by atoms with van der Waals surface area (Å²) in [5, 5.41) is 7.79. The van der Waals surface area contributed by atoms with E-state index in [4.69, 9.17) is 9.26 Å². The topological polar surface area (TPSA) is 64.4 Å². The number of aryl methyl sites for hydroxylation is 2. The zero-order valence-electron chi connectivity index (χ0n) is 13.3. The van der Waals surface area contributed by atoms with Gasteiger partial charge in [-0.25, -0.2) is 0 Å². The number of hydrogen-bond acceptors (Lipinski definition) is 4. The summed E-state index contributed by atoms with van der Waals surface area (Å²) >= 11 is 0. The fourth-order valence-electron chi connectivity index (χ4n) is 2.66. The van der Waals surface area contributed by atoms with Gasteiger partial charge in [-0.3, -0.25) is 4.79 Å². The third-order valence-corrected chi connectivity index (χ3v) is 3.69. The van der Waals surface area contributed by atoms with Gasteiger partial charge in [0.2, 0.25) is 5.91 Å². The normalized spacial score (nSPS) is 10.7. The van der Waals surface area contributed by atoms with Gasteiger partial charge in [-0.1, -0.05) is 23.4 Å². The Morgan fingerprint density at radius 2 is 2.04 bits per heavy atom. The Balaban J connectivity index is 1.83. The summed E-state index contributed by atoms with van der Waals surface area (Å²) in [7, 11) is 1.57. The lowest BCUT2D eigenvalue weighted by atomic mass is 10.1. The number of benzene rings is 2. The highest BCUT2D eigenvalue weighted by Gasteiger charge is 2.15. The number of nitrogens with one attached hydrogen (secondary N) is 1. The second-order valence-corrected chi connectivity index (χ2v) is 5.51. The lowest BCUT2D eigenvalue weighted by Gasteiger charge is -2.09. The van der Waals surface area contributed by atoms with E-state index in [2.05, 4.69) is 10.5 Å². The van der Waals surface area contributed by atoms with Crippen LogP contribution in [-0.4, -0.2) is 18.2 Å². The van der Waals surface area contributed by atoms with Crippen LogP contribution in [0, 0.1) is 13.8 Å². The van der Waals surface area contributed by atoms with E-state index in [1.807, 2.05) is 38.1 Å². The lowest BCUT2D eigenvalue weighted by Crippen LogP contribution is -2.15. The smallest absolute Gasteiger partial charge is 0.230 e. The van der Waals surface area contributed by atoms with E-state index < -0.39 is 0 Å². The van der Waals surface area contributed by atoms with Crippen LogP contribution in [0.3, 0.4) is 0 Å². The SMILES string of the molecule is COc1ccccc1NC(=O)Cc1noc2c(C)cc(C)cc12. The fourth-order valence-corrected chi connectivity index (χ4v) is 2.66. The number of rotatable bonds is 4. The molecule has 5 nitrogen and oxygen atoms in total. The van der Waals surface area contributed by atoms with Crippen LogP contribution in [0.1, 0.15) is 16.8 Å².